The highest BCUT2D eigenvalue weighted by Gasteiger charge is 1.97. The lowest BCUT2D eigenvalue weighted by atomic mass is 10.0. The van der Waals surface area contributed by atoms with Crippen molar-refractivity contribution in [3.8, 4) is 5.75 Å². The van der Waals surface area contributed by atoms with Crippen LogP contribution in [0.4, 0.5) is 0 Å². The van der Waals surface area contributed by atoms with Crippen LogP contribution in [0, 0.1) is 0 Å². The van der Waals surface area contributed by atoms with Crippen LogP contribution >= 0.6 is 0 Å². The van der Waals surface area contributed by atoms with E-state index in [-0.39, 0.29) is 0 Å². The van der Waals surface area contributed by atoms with E-state index in [0.29, 0.717) is 11.7 Å². The van der Waals surface area contributed by atoms with Crippen LogP contribution in [0.3, 0.4) is 0 Å². The predicted molar refractivity (Wildman–Crippen MR) is 79.6 cm³/mol. The summed E-state index contributed by atoms with van der Waals surface area (Å²) in [4.78, 5) is 4.14. The summed E-state index contributed by atoms with van der Waals surface area (Å²) in [5, 5.41) is 8.35. The zero-order valence-corrected chi connectivity index (χ0v) is 11.8. The van der Waals surface area contributed by atoms with Gasteiger partial charge in [-0.25, -0.2) is 5.26 Å². The Labute approximate surface area is 115 Å². The van der Waals surface area contributed by atoms with Crippen molar-refractivity contribution < 1.29 is 10.1 Å². The van der Waals surface area contributed by atoms with Crippen molar-refractivity contribution in [2.45, 2.75) is 33.1 Å². The van der Waals surface area contributed by atoms with Crippen molar-refractivity contribution in [1.82, 2.24) is 0 Å². The standard InChI is InChI=1S/C9H12.C8H10O2/c1-8(2)9-6-4-3-5-7-9;1-2-7-5-3-4-6-8(7)10-9/h3-8H,1-2H3;3-6,9H,2H2,1H3. The Morgan fingerprint density at radius 1 is 0.947 bits per heavy atom. The first-order valence-corrected chi connectivity index (χ1v) is 6.63. The predicted octanol–water partition coefficient (Wildman–Crippen LogP) is 4.91. The average Bonchev–Trinajstić information content (AvgIpc) is 2.48. The smallest absolute Gasteiger partial charge is 0.168 e. The van der Waals surface area contributed by atoms with E-state index in [1.54, 1.807) is 6.07 Å². The Bertz CT molecular complexity index is 441. The molecule has 2 nitrogen and oxygen atoms in total. The molecule has 0 aliphatic heterocycles. The van der Waals surface area contributed by atoms with Gasteiger partial charge in [-0.15, -0.1) is 0 Å². The minimum atomic E-state index is 0.546. The van der Waals surface area contributed by atoms with E-state index in [4.69, 9.17) is 5.26 Å². The Hall–Kier alpha value is -1.80. The van der Waals surface area contributed by atoms with E-state index in [9.17, 15) is 0 Å². The van der Waals surface area contributed by atoms with Gasteiger partial charge in [-0.05, 0) is 29.5 Å². The van der Waals surface area contributed by atoms with Gasteiger partial charge in [-0.1, -0.05) is 69.3 Å². The molecule has 0 saturated heterocycles. The van der Waals surface area contributed by atoms with E-state index in [0.717, 1.165) is 12.0 Å². The summed E-state index contributed by atoms with van der Waals surface area (Å²) < 4.78 is 0. The topological polar surface area (TPSA) is 29.5 Å². The first kappa shape index (κ1) is 15.3. The molecule has 0 saturated carbocycles. The molecular formula is C17H22O2. The zero-order chi connectivity index (χ0) is 14.1. The summed E-state index contributed by atoms with van der Waals surface area (Å²) in [5.41, 5.74) is 2.43. The Morgan fingerprint density at radius 2 is 1.53 bits per heavy atom. The maximum atomic E-state index is 8.35. The third-order valence-corrected chi connectivity index (χ3v) is 2.92. The fourth-order valence-corrected chi connectivity index (χ4v) is 1.72. The van der Waals surface area contributed by atoms with E-state index < -0.39 is 0 Å². The van der Waals surface area contributed by atoms with Gasteiger partial charge >= 0.3 is 0 Å². The second-order valence-electron chi connectivity index (χ2n) is 4.62. The number of rotatable bonds is 3. The highest BCUT2D eigenvalue weighted by molar-refractivity contribution is 5.32. The number of hydrogen-bond acceptors (Lipinski definition) is 2. The molecule has 19 heavy (non-hydrogen) atoms. The fourth-order valence-electron chi connectivity index (χ4n) is 1.72. The number of para-hydroxylation sites is 1. The number of aryl methyl sites for hydroxylation is 1. The SMILES string of the molecule is CC(C)c1ccccc1.CCc1ccccc1OO. The number of benzene rings is 2. The van der Waals surface area contributed by atoms with E-state index >= 15 is 0 Å². The lowest BCUT2D eigenvalue weighted by Gasteiger charge is -2.01. The molecule has 2 heteroatoms. The van der Waals surface area contributed by atoms with Gasteiger partial charge in [0, 0.05) is 0 Å². The third-order valence-electron chi connectivity index (χ3n) is 2.92. The molecule has 0 aliphatic carbocycles. The molecule has 0 unspecified atom stereocenters. The van der Waals surface area contributed by atoms with Crippen LogP contribution in [-0.4, -0.2) is 5.26 Å². The summed E-state index contributed by atoms with van der Waals surface area (Å²) in [5.74, 6) is 1.20. The van der Waals surface area contributed by atoms with Crippen molar-refractivity contribution in [3.05, 3.63) is 65.7 Å². The van der Waals surface area contributed by atoms with Crippen molar-refractivity contribution in [3.63, 3.8) is 0 Å². The van der Waals surface area contributed by atoms with Crippen molar-refractivity contribution in [2.24, 2.45) is 0 Å². The molecule has 0 radical (unpaired) electrons. The fraction of sp³-hybridized carbons (Fsp3) is 0.294. The molecule has 2 aromatic carbocycles. The molecule has 0 spiro atoms. The minimum absolute atomic E-state index is 0.546. The van der Waals surface area contributed by atoms with Crippen molar-refractivity contribution in [1.29, 1.82) is 0 Å². The number of hydrogen-bond donors (Lipinski definition) is 1. The minimum Gasteiger partial charge on any atom is -0.340 e. The van der Waals surface area contributed by atoms with Gasteiger partial charge in [0.25, 0.3) is 0 Å². The van der Waals surface area contributed by atoms with Gasteiger partial charge < -0.3 is 4.89 Å². The molecule has 2 aromatic rings. The van der Waals surface area contributed by atoms with E-state index in [2.05, 4.69) is 43.0 Å². The Kier molecular flexibility index (Phi) is 6.69. The molecule has 1 N–H and O–H groups in total. The van der Waals surface area contributed by atoms with Crippen molar-refractivity contribution >= 4 is 0 Å². The van der Waals surface area contributed by atoms with Gasteiger partial charge in [0.1, 0.15) is 0 Å². The first-order chi connectivity index (χ1) is 9.19. The largest absolute Gasteiger partial charge is 0.340 e. The van der Waals surface area contributed by atoms with Crippen LogP contribution in [0.1, 0.15) is 37.8 Å². The van der Waals surface area contributed by atoms with Crippen LogP contribution in [0.2, 0.25) is 0 Å². The first-order valence-electron chi connectivity index (χ1n) is 6.63. The van der Waals surface area contributed by atoms with Gasteiger partial charge in [0.15, 0.2) is 5.75 Å². The third kappa shape index (κ3) is 5.14. The van der Waals surface area contributed by atoms with Crippen LogP contribution in [0.15, 0.2) is 54.6 Å². The summed E-state index contributed by atoms with van der Waals surface area (Å²) in [6, 6.07) is 17.9. The highest BCUT2D eigenvalue weighted by atomic mass is 17.1. The zero-order valence-electron chi connectivity index (χ0n) is 11.8. The molecule has 102 valence electrons. The molecule has 0 amide bonds. The molecule has 0 aromatic heterocycles. The van der Waals surface area contributed by atoms with Gasteiger partial charge in [-0.2, -0.15) is 0 Å². The van der Waals surface area contributed by atoms with Gasteiger partial charge in [-0.3, -0.25) is 0 Å². The van der Waals surface area contributed by atoms with Gasteiger partial charge in [0.2, 0.25) is 0 Å². The highest BCUT2D eigenvalue weighted by Crippen LogP contribution is 2.16. The van der Waals surface area contributed by atoms with Crippen molar-refractivity contribution in [2.75, 3.05) is 0 Å². The summed E-state index contributed by atoms with van der Waals surface area (Å²) in [6.07, 6.45) is 0.872. The lowest BCUT2D eigenvalue weighted by Crippen LogP contribution is -1.89. The second kappa shape index (κ2) is 8.33. The Balaban J connectivity index is 0.000000191. The normalized spacial score (nSPS) is 9.74. The lowest BCUT2D eigenvalue weighted by molar-refractivity contribution is -0.138. The quantitative estimate of drug-likeness (QED) is 0.626. The van der Waals surface area contributed by atoms with Gasteiger partial charge in [0.05, 0.1) is 0 Å². The molecule has 0 aliphatic rings. The maximum absolute atomic E-state index is 8.35. The molecular weight excluding hydrogens is 236 g/mol. The van der Waals surface area contributed by atoms with Crippen LogP contribution < -0.4 is 4.89 Å². The molecule has 0 heterocycles. The average molecular weight is 258 g/mol. The van der Waals surface area contributed by atoms with E-state index in [1.165, 1.54) is 5.56 Å². The van der Waals surface area contributed by atoms with E-state index in [1.807, 2.05) is 31.2 Å². The van der Waals surface area contributed by atoms with Crippen LogP contribution in [0.5, 0.6) is 5.75 Å². The summed E-state index contributed by atoms with van der Waals surface area (Å²) in [6.45, 7) is 6.42. The molecule has 0 atom stereocenters. The summed E-state index contributed by atoms with van der Waals surface area (Å²) in [7, 11) is 0. The Morgan fingerprint density at radius 3 is 1.95 bits per heavy atom. The summed E-state index contributed by atoms with van der Waals surface area (Å²) >= 11 is 0. The molecule has 0 fully saturated rings. The monoisotopic (exact) mass is 258 g/mol. The second-order valence-corrected chi connectivity index (χ2v) is 4.62. The molecule has 0 bridgehead atoms. The van der Waals surface area contributed by atoms with Crippen LogP contribution in [-0.2, 0) is 6.42 Å². The maximum Gasteiger partial charge on any atom is 0.168 e. The van der Waals surface area contributed by atoms with Crippen LogP contribution in [0.25, 0.3) is 0 Å². The molecule has 2 rings (SSSR count).